The van der Waals surface area contributed by atoms with Crippen molar-refractivity contribution < 1.29 is 17.9 Å². The zero-order chi connectivity index (χ0) is 16.3. The summed E-state index contributed by atoms with van der Waals surface area (Å²) in [6, 6.07) is 11.4. The van der Waals surface area contributed by atoms with Gasteiger partial charge in [0.25, 0.3) is 5.91 Å². The molecule has 0 aromatic heterocycles. The third-order valence-electron chi connectivity index (χ3n) is 2.65. The number of nitrogens with one attached hydrogen (secondary N) is 1. The molecule has 116 valence electrons. The predicted octanol–water partition coefficient (Wildman–Crippen LogP) is 3.13. The summed E-state index contributed by atoms with van der Waals surface area (Å²) in [7, 11) is -3.59. The van der Waals surface area contributed by atoms with Crippen LogP contribution in [0.25, 0.3) is 0 Å². The van der Waals surface area contributed by atoms with Gasteiger partial charge < -0.3 is 4.74 Å². The molecule has 0 saturated carbocycles. The summed E-state index contributed by atoms with van der Waals surface area (Å²) in [6.07, 6.45) is 0.920. The second kappa shape index (κ2) is 6.37. The molecule has 1 N–H and O–H groups in total. The van der Waals surface area contributed by atoms with Gasteiger partial charge >= 0.3 is 0 Å². The molecule has 0 atom stereocenters. The molecule has 0 fully saturated rings. The number of ether oxygens (including phenoxy) is 1. The Labute approximate surface area is 133 Å². The molecule has 0 heterocycles. The minimum atomic E-state index is -3.59. The summed E-state index contributed by atoms with van der Waals surface area (Å²) in [4.78, 5) is 11.7. The summed E-state index contributed by atoms with van der Waals surface area (Å²) < 4.78 is 29.6. The molecule has 5 nitrogen and oxygen atoms in total. The minimum Gasteiger partial charge on any atom is -0.457 e. The first kappa shape index (κ1) is 16.3. The standard InChI is InChI=1S/C15H14ClNO4S/c1-10-7-12(16)9-14(8-10)21-13-5-3-11(4-6-13)15(18)17-22(2,19)20/h3-9H,1-2H3,(H,17,18). The van der Waals surface area contributed by atoms with E-state index in [0.29, 0.717) is 16.5 Å². The van der Waals surface area contributed by atoms with E-state index >= 15 is 0 Å². The fraction of sp³-hybridized carbons (Fsp3) is 0.133. The maximum atomic E-state index is 11.7. The highest BCUT2D eigenvalue weighted by Crippen LogP contribution is 2.26. The van der Waals surface area contributed by atoms with Crippen LogP contribution in [0.4, 0.5) is 0 Å². The predicted molar refractivity (Wildman–Crippen MR) is 85.0 cm³/mol. The summed E-state index contributed by atoms with van der Waals surface area (Å²) in [5, 5.41) is 0.569. The van der Waals surface area contributed by atoms with E-state index in [1.54, 1.807) is 18.2 Å². The summed E-state index contributed by atoms with van der Waals surface area (Å²) in [6.45, 7) is 1.90. The van der Waals surface area contributed by atoms with Crippen molar-refractivity contribution in [3.8, 4) is 11.5 Å². The van der Waals surface area contributed by atoms with Crippen molar-refractivity contribution in [1.82, 2.24) is 4.72 Å². The van der Waals surface area contributed by atoms with Gasteiger partial charge in [0.1, 0.15) is 11.5 Å². The Morgan fingerprint density at radius 3 is 2.27 bits per heavy atom. The molecule has 0 aliphatic heterocycles. The number of rotatable bonds is 4. The van der Waals surface area contributed by atoms with Gasteiger partial charge in [0, 0.05) is 10.6 Å². The molecule has 7 heteroatoms. The van der Waals surface area contributed by atoms with Crippen molar-refractivity contribution in [1.29, 1.82) is 0 Å². The molecular weight excluding hydrogens is 326 g/mol. The van der Waals surface area contributed by atoms with Crippen LogP contribution < -0.4 is 9.46 Å². The lowest BCUT2D eigenvalue weighted by atomic mass is 10.2. The highest BCUT2D eigenvalue weighted by Gasteiger charge is 2.11. The lowest BCUT2D eigenvalue weighted by molar-refractivity contribution is 0.0981. The first-order valence-electron chi connectivity index (χ1n) is 6.30. The molecule has 2 aromatic carbocycles. The number of aryl methyl sites for hydroxylation is 1. The highest BCUT2D eigenvalue weighted by molar-refractivity contribution is 7.89. The van der Waals surface area contributed by atoms with Crippen LogP contribution >= 0.6 is 11.6 Å². The maximum absolute atomic E-state index is 11.7. The molecule has 0 saturated heterocycles. The van der Waals surface area contributed by atoms with Crippen molar-refractivity contribution >= 4 is 27.5 Å². The molecule has 1 amide bonds. The zero-order valence-electron chi connectivity index (χ0n) is 12.0. The third-order valence-corrected chi connectivity index (χ3v) is 3.42. The summed E-state index contributed by atoms with van der Waals surface area (Å²) in [5.41, 5.74) is 1.19. The van der Waals surface area contributed by atoms with Crippen LogP contribution in [0.5, 0.6) is 11.5 Å². The van der Waals surface area contributed by atoms with E-state index in [1.807, 2.05) is 23.8 Å². The van der Waals surface area contributed by atoms with Crippen LogP contribution in [0.3, 0.4) is 0 Å². The van der Waals surface area contributed by atoms with Gasteiger partial charge in [-0.05, 0) is 55.0 Å². The number of carbonyl (C=O) groups is 1. The van der Waals surface area contributed by atoms with E-state index in [0.717, 1.165) is 11.8 Å². The molecule has 0 radical (unpaired) electrons. The Bertz CT molecular complexity index is 781. The van der Waals surface area contributed by atoms with Gasteiger partial charge in [-0.2, -0.15) is 0 Å². The quantitative estimate of drug-likeness (QED) is 0.928. The molecule has 2 rings (SSSR count). The average molecular weight is 340 g/mol. The second-order valence-corrected chi connectivity index (χ2v) is 6.98. The summed E-state index contributed by atoms with van der Waals surface area (Å²) in [5.74, 6) is 0.406. The Morgan fingerprint density at radius 2 is 1.73 bits per heavy atom. The van der Waals surface area contributed by atoms with Crippen LogP contribution in [-0.4, -0.2) is 20.6 Å². The zero-order valence-corrected chi connectivity index (χ0v) is 13.5. The van der Waals surface area contributed by atoms with Crippen molar-refractivity contribution in [3.05, 3.63) is 58.6 Å². The van der Waals surface area contributed by atoms with Crippen molar-refractivity contribution in [3.63, 3.8) is 0 Å². The van der Waals surface area contributed by atoms with E-state index < -0.39 is 15.9 Å². The fourth-order valence-corrected chi connectivity index (χ4v) is 2.53. The number of hydrogen-bond acceptors (Lipinski definition) is 4. The number of sulfonamides is 1. The minimum absolute atomic E-state index is 0.222. The largest absolute Gasteiger partial charge is 0.457 e. The van der Waals surface area contributed by atoms with Crippen molar-refractivity contribution in [2.45, 2.75) is 6.92 Å². The molecule has 0 bridgehead atoms. The first-order chi connectivity index (χ1) is 10.2. The van der Waals surface area contributed by atoms with Gasteiger partial charge in [0.05, 0.1) is 6.26 Å². The molecule has 0 aliphatic rings. The molecule has 0 aliphatic carbocycles. The second-order valence-electron chi connectivity index (χ2n) is 4.79. The third kappa shape index (κ3) is 4.75. The molecule has 2 aromatic rings. The van der Waals surface area contributed by atoms with Crippen LogP contribution in [0, 0.1) is 6.92 Å². The highest BCUT2D eigenvalue weighted by atomic mass is 35.5. The number of amides is 1. The molecular formula is C15H14ClNO4S. The molecule has 22 heavy (non-hydrogen) atoms. The lowest BCUT2D eigenvalue weighted by Crippen LogP contribution is -2.29. The lowest BCUT2D eigenvalue weighted by Gasteiger charge is -2.08. The maximum Gasteiger partial charge on any atom is 0.264 e. The Hall–Kier alpha value is -2.05. The van der Waals surface area contributed by atoms with Crippen LogP contribution in [0.15, 0.2) is 42.5 Å². The number of benzene rings is 2. The Balaban J connectivity index is 2.13. The van der Waals surface area contributed by atoms with Gasteiger partial charge in [-0.25, -0.2) is 13.1 Å². The topological polar surface area (TPSA) is 72.5 Å². The molecule has 0 spiro atoms. The van der Waals surface area contributed by atoms with Crippen molar-refractivity contribution in [2.24, 2.45) is 0 Å². The van der Waals surface area contributed by atoms with Crippen LogP contribution in [0.2, 0.25) is 5.02 Å². The summed E-state index contributed by atoms with van der Waals surface area (Å²) >= 11 is 5.95. The SMILES string of the molecule is Cc1cc(Cl)cc(Oc2ccc(C(=O)NS(C)(=O)=O)cc2)c1. The monoisotopic (exact) mass is 339 g/mol. The fourth-order valence-electron chi connectivity index (χ4n) is 1.80. The molecule has 0 unspecified atom stereocenters. The van der Waals surface area contributed by atoms with Crippen LogP contribution in [-0.2, 0) is 10.0 Å². The Kier molecular flexibility index (Phi) is 4.73. The smallest absolute Gasteiger partial charge is 0.264 e. The van der Waals surface area contributed by atoms with Gasteiger partial charge in [-0.3, -0.25) is 4.79 Å². The van der Waals surface area contributed by atoms with Crippen LogP contribution in [0.1, 0.15) is 15.9 Å². The van der Waals surface area contributed by atoms with Gasteiger partial charge in [0.2, 0.25) is 10.0 Å². The Morgan fingerprint density at radius 1 is 1.09 bits per heavy atom. The average Bonchev–Trinajstić information content (AvgIpc) is 2.36. The number of carbonyl (C=O) groups excluding carboxylic acids is 1. The number of hydrogen-bond donors (Lipinski definition) is 1. The van der Waals surface area contributed by atoms with E-state index in [-0.39, 0.29) is 5.56 Å². The van der Waals surface area contributed by atoms with E-state index in [4.69, 9.17) is 16.3 Å². The van der Waals surface area contributed by atoms with Gasteiger partial charge in [-0.1, -0.05) is 11.6 Å². The van der Waals surface area contributed by atoms with Crippen molar-refractivity contribution in [2.75, 3.05) is 6.26 Å². The van der Waals surface area contributed by atoms with Gasteiger partial charge in [0.15, 0.2) is 0 Å². The first-order valence-corrected chi connectivity index (χ1v) is 8.57. The van der Waals surface area contributed by atoms with E-state index in [9.17, 15) is 13.2 Å². The van der Waals surface area contributed by atoms with E-state index in [1.165, 1.54) is 12.1 Å². The normalized spacial score (nSPS) is 11.0. The van der Waals surface area contributed by atoms with E-state index in [2.05, 4.69) is 0 Å². The van der Waals surface area contributed by atoms with Gasteiger partial charge in [-0.15, -0.1) is 0 Å². The number of halogens is 1.